The second kappa shape index (κ2) is 4.91. The number of anilines is 1. The normalized spacial score (nSPS) is 10.2. The second-order valence-electron chi connectivity index (χ2n) is 4.34. The predicted octanol–water partition coefficient (Wildman–Crippen LogP) is 3.62. The lowest BCUT2D eigenvalue weighted by atomic mass is 10.1. The van der Waals surface area contributed by atoms with Crippen molar-refractivity contribution in [1.82, 2.24) is 0 Å². The minimum atomic E-state index is 0.309. The Morgan fingerprint density at radius 1 is 1.06 bits per heavy atom. The molecule has 0 fully saturated rings. The molecule has 0 spiro atoms. The summed E-state index contributed by atoms with van der Waals surface area (Å²) in [5, 5.41) is 12.7. The lowest BCUT2D eigenvalue weighted by Crippen LogP contribution is -2.00. The van der Waals surface area contributed by atoms with Crippen molar-refractivity contribution >= 4 is 5.69 Å². The van der Waals surface area contributed by atoms with E-state index < -0.39 is 0 Å². The monoisotopic (exact) mass is 227 g/mol. The van der Waals surface area contributed by atoms with Gasteiger partial charge in [0.15, 0.2) is 0 Å². The minimum Gasteiger partial charge on any atom is -0.508 e. The van der Waals surface area contributed by atoms with Gasteiger partial charge in [0.2, 0.25) is 0 Å². The fraction of sp³-hybridized carbons (Fsp3) is 0.200. The molecular formula is C15H17NO. The molecule has 88 valence electrons. The molecule has 17 heavy (non-hydrogen) atoms. The minimum absolute atomic E-state index is 0.309. The van der Waals surface area contributed by atoms with E-state index in [1.54, 1.807) is 12.1 Å². The highest BCUT2D eigenvalue weighted by Gasteiger charge is 1.99. The van der Waals surface area contributed by atoms with Gasteiger partial charge in [-0.15, -0.1) is 0 Å². The van der Waals surface area contributed by atoms with Crippen molar-refractivity contribution in [2.24, 2.45) is 0 Å². The van der Waals surface area contributed by atoms with Gasteiger partial charge in [-0.1, -0.05) is 29.8 Å². The van der Waals surface area contributed by atoms with Gasteiger partial charge in [0.05, 0.1) is 0 Å². The van der Waals surface area contributed by atoms with E-state index in [0.717, 1.165) is 17.8 Å². The Labute approximate surface area is 102 Å². The molecule has 0 unspecified atom stereocenters. The van der Waals surface area contributed by atoms with E-state index in [9.17, 15) is 5.11 Å². The van der Waals surface area contributed by atoms with Gasteiger partial charge in [0, 0.05) is 12.2 Å². The third kappa shape index (κ3) is 3.00. The lowest BCUT2D eigenvalue weighted by Gasteiger charge is -2.10. The number of aryl methyl sites for hydroxylation is 2. The van der Waals surface area contributed by atoms with Crippen molar-refractivity contribution < 1.29 is 5.11 Å². The van der Waals surface area contributed by atoms with Gasteiger partial charge in [-0.2, -0.15) is 0 Å². The lowest BCUT2D eigenvalue weighted by molar-refractivity contribution is 0.475. The maximum Gasteiger partial charge on any atom is 0.115 e. The first-order valence-corrected chi connectivity index (χ1v) is 5.74. The van der Waals surface area contributed by atoms with E-state index in [4.69, 9.17) is 0 Å². The first kappa shape index (κ1) is 11.5. The van der Waals surface area contributed by atoms with Crippen LogP contribution in [0.3, 0.4) is 0 Å². The van der Waals surface area contributed by atoms with Crippen LogP contribution in [-0.4, -0.2) is 5.11 Å². The molecule has 0 bridgehead atoms. The first-order valence-electron chi connectivity index (χ1n) is 5.74. The molecule has 0 atom stereocenters. The zero-order valence-corrected chi connectivity index (χ0v) is 10.2. The van der Waals surface area contributed by atoms with Crippen LogP contribution in [0.1, 0.15) is 16.7 Å². The van der Waals surface area contributed by atoms with Crippen LogP contribution in [0.15, 0.2) is 42.5 Å². The summed E-state index contributed by atoms with van der Waals surface area (Å²) in [7, 11) is 0. The summed E-state index contributed by atoms with van der Waals surface area (Å²) in [5.41, 5.74) is 4.64. The summed E-state index contributed by atoms with van der Waals surface area (Å²) in [6.45, 7) is 4.88. The molecule has 0 saturated heterocycles. The van der Waals surface area contributed by atoms with Crippen molar-refractivity contribution in [3.63, 3.8) is 0 Å². The van der Waals surface area contributed by atoms with Crippen molar-refractivity contribution in [3.8, 4) is 5.75 Å². The number of phenolic OH excluding ortho intramolecular Hbond substituents is 1. The van der Waals surface area contributed by atoms with Crippen molar-refractivity contribution in [2.45, 2.75) is 20.4 Å². The smallest absolute Gasteiger partial charge is 0.115 e. The third-order valence-corrected chi connectivity index (χ3v) is 2.78. The van der Waals surface area contributed by atoms with E-state index in [1.807, 2.05) is 13.0 Å². The van der Waals surface area contributed by atoms with Gasteiger partial charge < -0.3 is 10.4 Å². The Morgan fingerprint density at radius 3 is 2.59 bits per heavy atom. The van der Waals surface area contributed by atoms with Crippen LogP contribution in [0.4, 0.5) is 5.69 Å². The summed E-state index contributed by atoms with van der Waals surface area (Å²) in [4.78, 5) is 0. The average molecular weight is 227 g/mol. The highest BCUT2D eigenvalue weighted by Crippen LogP contribution is 2.20. The molecule has 0 aromatic heterocycles. The van der Waals surface area contributed by atoms with Gasteiger partial charge in [-0.25, -0.2) is 0 Å². The molecule has 0 aliphatic heterocycles. The van der Waals surface area contributed by atoms with Crippen molar-refractivity contribution in [3.05, 3.63) is 59.2 Å². The number of rotatable bonds is 3. The average Bonchev–Trinajstić information content (AvgIpc) is 2.28. The van der Waals surface area contributed by atoms with Crippen LogP contribution in [0.5, 0.6) is 5.75 Å². The van der Waals surface area contributed by atoms with E-state index >= 15 is 0 Å². The molecule has 0 radical (unpaired) electrons. The van der Waals surface area contributed by atoms with Crippen molar-refractivity contribution in [1.29, 1.82) is 0 Å². The van der Waals surface area contributed by atoms with Crippen molar-refractivity contribution in [2.75, 3.05) is 5.32 Å². The third-order valence-electron chi connectivity index (χ3n) is 2.78. The molecule has 0 aliphatic carbocycles. The quantitative estimate of drug-likeness (QED) is 0.785. The zero-order valence-electron chi connectivity index (χ0n) is 10.2. The molecule has 0 saturated carbocycles. The number of nitrogens with one attached hydrogen (secondary N) is 1. The number of hydrogen-bond acceptors (Lipinski definition) is 2. The van der Waals surface area contributed by atoms with E-state index in [2.05, 4.69) is 36.5 Å². The number of benzene rings is 2. The maximum atomic E-state index is 9.33. The highest BCUT2D eigenvalue weighted by atomic mass is 16.3. The van der Waals surface area contributed by atoms with E-state index in [0.29, 0.717) is 5.75 Å². The summed E-state index contributed by atoms with van der Waals surface area (Å²) >= 11 is 0. The van der Waals surface area contributed by atoms with Gasteiger partial charge in [0.1, 0.15) is 5.75 Å². The van der Waals surface area contributed by atoms with Crippen LogP contribution in [0, 0.1) is 13.8 Å². The molecule has 2 N–H and O–H groups in total. The molecule has 2 nitrogen and oxygen atoms in total. The van der Waals surface area contributed by atoms with Gasteiger partial charge in [-0.05, 0) is 43.2 Å². The number of hydrogen-bond donors (Lipinski definition) is 2. The fourth-order valence-corrected chi connectivity index (χ4v) is 1.87. The standard InChI is InChI=1S/C15H17NO/c1-11-4-3-5-13(8-11)10-16-15-7-6-14(17)9-12(15)2/h3-9,16-17H,10H2,1-2H3. The SMILES string of the molecule is Cc1cccc(CNc2ccc(O)cc2C)c1. The topological polar surface area (TPSA) is 32.3 Å². The highest BCUT2D eigenvalue weighted by molar-refractivity contribution is 5.53. The summed E-state index contributed by atoms with van der Waals surface area (Å²) in [6, 6.07) is 13.8. The first-order chi connectivity index (χ1) is 8.15. The van der Waals surface area contributed by atoms with Crippen LogP contribution < -0.4 is 5.32 Å². The molecule has 2 heteroatoms. The zero-order chi connectivity index (χ0) is 12.3. The number of aromatic hydroxyl groups is 1. The van der Waals surface area contributed by atoms with Crippen LogP contribution in [-0.2, 0) is 6.54 Å². The Morgan fingerprint density at radius 2 is 1.88 bits per heavy atom. The second-order valence-corrected chi connectivity index (χ2v) is 4.34. The Bertz CT molecular complexity index is 520. The molecule has 2 aromatic rings. The van der Waals surface area contributed by atoms with Gasteiger partial charge >= 0.3 is 0 Å². The molecule has 2 rings (SSSR count). The van der Waals surface area contributed by atoms with E-state index in [-0.39, 0.29) is 0 Å². The van der Waals surface area contributed by atoms with Gasteiger partial charge in [0.25, 0.3) is 0 Å². The maximum absolute atomic E-state index is 9.33. The molecule has 0 aliphatic rings. The van der Waals surface area contributed by atoms with Crippen LogP contribution in [0.2, 0.25) is 0 Å². The van der Waals surface area contributed by atoms with Crippen LogP contribution in [0.25, 0.3) is 0 Å². The Hall–Kier alpha value is -1.96. The Kier molecular flexibility index (Phi) is 3.33. The molecular weight excluding hydrogens is 210 g/mol. The largest absolute Gasteiger partial charge is 0.508 e. The molecule has 0 heterocycles. The summed E-state index contributed by atoms with van der Waals surface area (Å²) in [5.74, 6) is 0.309. The molecule has 0 amide bonds. The predicted molar refractivity (Wildman–Crippen MR) is 71.3 cm³/mol. The Balaban J connectivity index is 2.07. The fourth-order valence-electron chi connectivity index (χ4n) is 1.87. The number of phenols is 1. The van der Waals surface area contributed by atoms with E-state index in [1.165, 1.54) is 11.1 Å². The molecule has 2 aromatic carbocycles. The summed E-state index contributed by atoms with van der Waals surface area (Å²) in [6.07, 6.45) is 0. The summed E-state index contributed by atoms with van der Waals surface area (Å²) < 4.78 is 0. The van der Waals surface area contributed by atoms with Crippen LogP contribution >= 0.6 is 0 Å². The van der Waals surface area contributed by atoms with Gasteiger partial charge in [-0.3, -0.25) is 0 Å².